The predicted octanol–water partition coefficient (Wildman–Crippen LogP) is 4.89. The second-order valence-electron chi connectivity index (χ2n) is 6.09. The smallest absolute Gasteiger partial charge is 0.185 e. The third-order valence-electron chi connectivity index (χ3n) is 4.13. The van der Waals surface area contributed by atoms with E-state index in [4.69, 9.17) is 0 Å². The van der Waals surface area contributed by atoms with Crippen LogP contribution < -0.4 is 0 Å². The van der Waals surface area contributed by atoms with Gasteiger partial charge < -0.3 is 10.2 Å². The SMILES string of the molecule is O=C(C=Cc1ccccc1O)c1cccc(C(=O)/C=C\c2ccccc2O)c1. The number of carbonyl (C=O) groups excluding carboxylic acids is 2. The van der Waals surface area contributed by atoms with E-state index in [0.717, 1.165) is 0 Å². The van der Waals surface area contributed by atoms with Crippen LogP contribution in [-0.2, 0) is 0 Å². The van der Waals surface area contributed by atoms with E-state index in [9.17, 15) is 19.8 Å². The minimum absolute atomic E-state index is 0.0878. The van der Waals surface area contributed by atoms with Crippen molar-refractivity contribution in [3.8, 4) is 11.5 Å². The van der Waals surface area contributed by atoms with Gasteiger partial charge in [0.25, 0.3) is 0 Å². The summed E-state index contributed by atoms with van der Waals surface area (Å²) in [6.45, 7) is 0. The number of benzene rings is 3. The maximum absolute atomic E-state index is 12.4. The Morgan fingerprint density at radius 2 is 1.04 bits per heavy atom. The number of allylic oxidation sites excluding steroid dienone is 2. The fourth-order valence-corrected chi connectivity index (χ4v) is 2.61. The van der Waals surface area contributed by atoms with Crippen LogP contribution >= 0.6 is 0 Å². The van der Waals surface area contributed by atoms with Crippen molar-refractivity contribution in [1.82, 2.24) is 0 Å². The lowest BCUT2D eigenvalue weighted by Gasteiger charge is -2.01. The molecule has 0 aliphatic carbocycles. The molecule has 0 radical (unpaired) electrons. The van der Waals surface area contributed by atoms with Crippen LogP contribution in [0.25, 0.3) is 12.2 Å². The number of phenolic OH excluding ortho intramolecular Hbond substituents is 2. The van der Waals surface area contributed by atoms with E-state index >= 15 is 0 Å². The van der Waals surface area contributed by atoms with Crippen LogP contribution in [-0.4, -0.2) is 21.8 Å². The molecule has 0 fully saturated rings. The van der Waals surface area contributed by atoms with Gasteiger partial charge in [-0.05, 0) is 42.5 Å². The summed E-state index contributed by atoms with van der Waals surface area (Å²) in [5.41, 5.74) is 1.81. The van der Waals surface area contributed by atoms with Crippen LogP contribution in [0.15, 0.2) is 84.9 Å². The Kier molecular flexibility index (Phi) is 5.82. The quantitative estimate of drug-likeness (QED) is 0.478. The molecular weight excluding hydrogens is 352 g/mol. The highest BCUT2D eigenvalue weighted by Crippen LogP contribution is 2.19. The van der Waals surface area contributed by atoms with Gasteiger partial charge in [0.1, 0.15) is 11.5 Å². The highest BCUT2D eigenvalue weighted by Gasteiger charge is 2.08. The van der Waals surface area contributed by atoms with Gasteiger partial charge in [-0.3, -0.25) is 9.59 Å². The fourth-order valence-electron chi connectivity index (χ4n) is 2.61. The Bertz CT molecular complexity index is 994. The summed E-state index contributed by atoms with van der Waals surface area (Å²) in [7, 11) is 0. The Labute approximate surface area is 162 Å². The average Bonchev–Trinajstić information content (AvgIpc) is 2.72. The molecule has 3 rings (SSSR count). The van der Waals surface area contributed by atoms with Crippen LogP contribution in [0.2, 0.25) is 0 Å². The van der Waals surface area contributed by atoms with Crippen LogP contribution in [0.1, 0.15) is 31.8 Å². The van der Waals surface area contributed by atoms with Crippen molar-refractivity contribution in [2.24, 2.45) is 0 Å². The van der Waals surface area contributed by atoms with Gasteiger partial charge in [-0.25, -0.2) is 0 Å². The van der Waals surface area contributed by atoms with Gasteiger partial charge in [0, 0.05) is 22.3 Å². The van der Waals surface area contributed by atoms with Crippen LogP contribution in [0.4, 0.5) is 0 Å². The number of hydrogen-bond donors (Lipinski definition) is 2. The predicted molar refractivity (Wildman–Crippen MR) is 109 cm³/mol. The van der Waals surface area contributed by atoms with Gasteiger partial charge in [-0.2, -0.15) is 0 Å². The summed E-state index contributed by atoms with van der Waals surface area (Å²) in [5.74, 6) is -0.375. The maximum Gasteiger partial charge on any atom is 0.185 e. The number of ketones is 2. The summed E-state index contributed by atoms with van der Waals surface area (Å²) in [6, 6.07) is 19.8. The topological polar surface area (TPSA) is 74.6 Å². The number of phenols is 2. The summed E-state index contributed by atoms with van der Waals surface area (Å²) in [6.07, 6.45) is 5.78. The standard InChI is InChI=1S/C24H18O4/c25-21-10-3-1-6-17(21)12-14-23(27)19-8-5-9-20(16-19)24(28)15-13-18-7-2-4-11-22(18)26/h1-16,25-26H/b14-12-,15-13?. The van der Waals surface area contributed by atoms with Crippen molar-refractivity contribution >= 4 is 23.7 Å². The molecule has 0 unspecified atom stereocenters. The van der Waals surface area contributed by atoms with E-state index in [1.807, 2.05) is 0 Å². The first-order valence-corrected chi connectivity index (χ1v) is 8.65. The third kappa shape index (κ3) is 4.62. The molecule has 0 aliphatic rings. The molecule has 0 saturated carbocycles. The molecule has 28 heavy (non-hydrogen) atoms. The lowest BCUT2D eigenvalue weighted by atomic mass is 10.0. The van der Waals surface area contributed by atoms with Gasteiger partial charge in [0.2, 0.25) is 0 Å². The Morgan fingerprint density at radius 1 is 0.607 bits per heavy atom. The van der Waals surface area contributed by atoms with E-state index in [0.29, 0.717) is 22.3 Å². The minimum Gasteiger partial charge on any atom is -0.507 e. The summed E-state index contributed by atoms with van der Waals surface area (Å²) >= 11 is 0. The van der Waals surface area contributed by atoms with Crippen LogP contribution in [0.5, 0.6) is 11.5 Å². The van der Waals surface area contributed by atoms with E-state index in [-0.39, 0.29) is 23.1 Å². The summed E-state index contributed by atoms with van der Waals surface area (Å²) in [5, 5.41) is 19.5. The lowest BCUT2D eigenvalue weighted by molar-refractivity contribution is 0.104. The van der Waals surface area contributed by atoms with Crippen molar-refractivity contribution in [3.05, 3.63) is 107 Å². The zero-order valence-electron chi connectivity index (χ0n) is 14.9. The molecule has 0 bridgehead atoms. The van der Waals surface area contributed by atoms with E-state index in [2.05, 4.69) is 0 Å². The maximum atomic E-state index is 12.4. The largest absolute Gasteiger partial charge is 0.507 e. The molecule has 3 aromatic carbocycles. The number of hydrogen-bond acceptors (Lipinski definition) is 4. The van der Waals surface area contributed by atoms with Gasteiger partial charge in [0.15, 0.2) is 11.6 Å². The molecule has 0 aromatic heterocycles. The van der Waals surface area contributed by atoms with Crippen molar-refractivity contribution in [1.29, 1.82) is 0 Å². The van der Waals surface area contributed by atoms with Crippen molar-refractivity contribution in [2.45, 2.75) is 0 Å². The molecule has 2 N–H and O–H groups in total. The lowest BCUT2D eigenvalue weighted by Crippen LogP contribution is -1.99. The second kappa shape index (κ2) is 8.64. The van der Waals surface area contributed by atoms with Crippen LogP contribution in [0.3, 0.4) is 0 Å². The summed E-state index contributed by atoms with van der Waals surface area (Å²) < 4.78 is 0. The van der Waals surface area contributed by atoms with Gasteiger partial charge in [-0.15, -0.1) is 0 Å². The molecule has 138 valence electrons. The molecule has 0 atom stereocenters. The Balaban J connectivity index is 1.76. The minimum atomic E-state index is -0.275. The normalized spacial score (nSPS) is 11.1. The van der Waals surface area contributed by atoms with E-state index in [1.165, 1.54) is 30.4 Å². The molecule has 0 spiro atoms. The van der Waals surface area contributed by atoms with Crippen LogP contribution in [0, 0.1) is 0 Å². The summed E-state index contributed by atoms with van der Waals surface area (Å²) in [4.78, 5) is 24.8. The fraction of sp³-hybridized carbons (Fsp3) is 0. The first-order valence-electron chi connectivity index (χ1n) is 8.65. The number of carbonyl (C=O) groups is 2. The molecule has 0 saturated heterocycles. The monoisotopic (exact) mass is 370 g/mol. The van der Waals surface area contributed by atoms with E-state index in [1.54, 1.807) is 66.7 Å². The number of aromatic hydroxyl groups is 2. The second-order valence-corrected chi connectivity index (χ2v) is 6.09. The van der Waals surface area contributed by atoms with Crippen molar-refractivity contribution in [3.63, 3.8) is 0 Å². The molecule has 0 amide bonds. The third-order valence-corrected chi connectivity index (χ3v) is 4.13. The number of para-hydroxylation sites is 2. The van der Waals surface area contributed by atoms with E-state index < -0.39 is 0 Å². The molecule has 3 aromatic rings. The highest BCUT2D eigenvalue weighted by atomic mass is 16.3. The molecule has 4 heteroatoms. The molecule has 4 nitrogen and oxygen atoms in total. The highest BCUT2D eigenvalue weighted by molar-refractivity contribution is 6.11. The molecule has 0 heterocycles. The van der Waals surface area contributed by atoms with Gasteiger partial charge >= 0.3 is 0 Å². The van der Waals surface area contributed by atoms with Crippen molar-refractivity contribution < 1.29 is 19.8 Å². The number of rotatable bonds is 6. The Hall–Kier alpha value is -3.92. The average molecular weight is 370 g/mol. The zero-order chi connectivity index (χ0) is 19.9. The first kappa shape index (κ1) is 18.9. The van der Waals surface area contributed by atoms with Gasteiger partial charge in [0.05, 0.1) is 0 Å². The zero-order valence-corrected chi connectivity index (χ0v) is 14.9. The first-order chi connectivity index (χ1) is 13.5. The Morgan fingerprint density at radius 3 is 1.46 bits per heavy atom. The van der Waals surface area contributed by atoms with Crippen molar-refractivity contribution in [2.75, 3.05) is 0 Å². The molecular formula is C24H18O4. The molecule has 0 aliphatic heterocycles. The van der Waals surface area contributed by atoms with Gasteiger partial charge in [-0.1, -0.05) is 54.6 Å².